The van der Waals surface area contributed by atoms with Gasteiger partial charge in [-0.25, -0.2) is 4.98 Å². The van der Waals surface area contributed by atoms with Crippen molar-refractivity contribution in [3.63, 3.8) is 0 Å². The molecule has 140 valence electrons. The van der Waals surface area contributed by atoms with Gasteiger partial charge in [0.15, 0.2) is 5.82 Å². The van der Waals surface area contributed by atoms with E-state index in [4.69, 9.17) is 4.74 Å². The average Bonchev–Trinajstić information content (AvgIpc) is 3.24. The van der Waals surface area contributed by atoms with E-state index in [9.17, 15) is 0 Å². The van der Waals surface area contributed by atoms with Crippen LogP contribution in [0.5, 0.6) is 5.75 Å². The number of fused-ring (bicyclic) bond motifs is 1. The van der Waals surface area contributed by atoms with Crippen LogP contribution in [-0.2, 0) is 6.61 Å². The Labute approximate surface area is 167 Å². The summed E-state index contributed by atoms with van der Waals surface area (Å²) in [5, 5.41) is 4.64. The first-order valence-corrected chi connectivity index (χ1v) is 9.26. The van der Waals surface area contributed by atoms with Crippen molar-refractivity contribution in [1.82, 2.24) is 24.6 Å². The van der Waals surface area contributed by atoms with Crippen molar-refractivity contribution in [2.24, 2.45) is 0 Å². The van der Waals surface area contributed by atoms with E-state index in [1.807, 2.05) is 72.8 Å². The smallest absolute Gasteiger partial charge is 0.253 e. The number of nitrogens with zero attached hydrogens (tertiary/aromatic N) is 5. The molecule has 0 amide bonds. The van der Waals surface area contributed by atoms with Crippen LogP contribution in [0.15, 0.2) is 91.4 Å². The van der Waals surface area contributed by atoms with Crippen LogP contribution in [0.2, 0.25) is 0 Å². The van der Waals surface area contributed by atoms with E-state index in [0.29, 0.717) is 18.2 Å². The Morgan fingerprint density at radius 2 is 1.55 bits per heavy atom. The highest BCUT2D eigenvalue weighted by Crippen LogP contribution is 2.24. The van der Waals surface area contributed by atoms with Crippen LogP contribution in [0.25, 0.3) is 28.4 Å². The second-order valence-corrected chi connectivity index (χ2v) is 6.51. The first-order valence-electron chi connectivity index (χ1n) is 9.26. The minimum Gasteiger partial charge on any atom is -0.489 e. The molecular weight excluding hydrogens is 362 g/mol. The van der Waals surface area contributed by atoms with Crippen LogP contribution >= 0.6 is 0 Å². The maximum atomic E-state index is 5.88. The van der Waals surface area contributed by atoms with Crippen LogP contribution in [0, 0.1) is 0 Å². The van der Waals surface area contributed by atoms with E-state index in [-0.39, 0.29) is 0 Å². The van der Waals surface area contributed by atoms with Crippen LogP contribution < -0.4 is 4.74 Å². The van der Waals surface area contributed by atoms with Crippen molar-refractivity contribution < 1.29 is 4.74 Å². The van der Waals surface area contributed by atoms with Crippen LogP contribution in [0.4, 0.5) is 0 Å². The third kappa shape index (κ3) is 3.55. The second kappa shape index (κ2) is 7.52. The summed E-state index contributed by atoms with van der Waals surface area (Å²) in [6, 6.07) is 23.8. The molecule has 0 bridgehead atoms. The first kappa shape index (κ1) is 17.1. The minimum absolute atomic E-state index is 0.540. The van der Waals surface area contributed by atoms with Gasteiger partial charge in [0.2, 0.25) is 0 Å². The molecule has 6 nitrogen and oxygen atoms in total. The summed E-state index contributed by atoms with van der Waals surface area (Å²) in [6.45, 7) is 0.540. The molecule has 0 saturated carbocycles. The van der Waals surface area contributed by atoms with Crippen molar-refractivity contribution in [3.8, 4) is 28.4 Å². The predicted molar refractivity (Wildman–Crippen MR) is 110 cm³/mol. The van der Waals surface area contributed by atoms with Crippen LogP contribution in [0.3, 0.4) is 0 Å². The lowest BCUT2D eigenvalue weighted by molar-refractivity contribution is 0.306. The Kier molecular flexibility index (Phi) is 4.42. The van der Waals surface area contributed by atoms with Gasteiger partial charge in [-0.2, -0.15) is 9.50 Å². The number of benzene rings is 2. The summed E-state index contributed by atoms with van der Waals surface area (Å²) >= 11 is 0. The Morgan fingerprint density at radius 1 is 0.759 bits per heavy atom. The van der Waals surface area contributed by atoms with E-state index >= 15 is 0 Å². The van der Waals surface area contributed by atoms with Gasteiger partial charge in [0.25, 0.3) is 5.78 Å². The summed E-state index contributed by atoms with van der Waals surface area (Å²) in [4.78, 5) is 12.9. The van der Waals surface area contributed by atoms with Gasteiger partial charge >= 0.3 is 0 Å². The molecule has 0 fully saturated rings. The molecule has 0 aliphatic carbocycles. The van der Waals surface area contributed by atoms with Crippen LogP contribution in [0.1, 0.15) is 5.56 Å². The van der Waals surface area contributed by atoms with Gasteiger partial charge in [0.05, 0.1) is 5.69 Å². The monoisotopic (exact) mass is 379 g/mol. The molecule has 0 unspecified atom stereocenters. The zero-order valence-corrected chi connectivity index (χ0v) is 15.5. The number of hydrogen-bond donors (Lipinski definition) is 0. The highest BCUT2D eigenvalue weighted by atomic mass is 16.5. The molecule has 0 aliphatic rings. The number of hydrogen-bond acceptors (Lipinski definition) is 5. The topological polar surface area (TPSA) is 65.2 Å². The van der Waals surface area contributed by atoms with E-state index in [0.717, 1.165) is 28.1 Å². The van der Waals surface area contributed by atoms with Gasteiger partial charge in [0, 0.05) is 29.7 Å². The Hall–Kier alpha value is -4.06. The van der Waals surface area contributed by atoms with Crippen molar-refractivity contribution in [1.29, 1.82) is 0 Å². The Balaban J connectivity index is 1.42. The number of pyridine rings is 1. The summed E-state index contributed by atoms with van der Waals surface area (Å²) in [5.41, 5.74) is 3.97. The predicted octanol–water partition coefficient (Wildman–Crippen LogP) is 4.43. The molecule has 0 spiro atoms. The molecule has 0 saturated heterocycles. The van der Waals surface area contributed by atoms with E-state index in [2.05, 4.69) is 20.1 Å². The summed E-state index contributed by atoms with van der Waals surface area (Å²) in [7, 11) is 0. The first-order chi connectivity index (χ1) is 14.4. The lowest BCUT2D eigenvalue weighted by Gasteiger charge is -2.08. The SMILES string of the molecule is c1ccc(COc2ccc(-c3ccnc4nc(-c5ccncc5)nn34)cc2)cc1. The van der Waals surface area contributed by atoms with Gasteiger partial charge in [-0.1, -0.05) is 30.3 Å². The highest BCUT2D eigenvalue weighted by Gasteiger charge is 2.11. The molecule has 3 aromatic heterocycles. The van der Waals surface area contributed by atoms with Crippen LogP contribution in [-0.4, -0.2) is 24.6 Å². The third-order valence-electron chi connectivity index (χ3n) is 4.58. The largest absolute Gasteiger partial charge is 0.489 e. The number of ether oxygens (including phenoxy) is 1. The summed E-state index contributed by atoms with van der Waals surface area (Å²) in [5.74, 6) is 1.99. The van der Waals surface area contributed by atoms with Gasteiger partial charge in [-0.15, -0.1) is 5.10 Å². The van der Waals surface area contributed by atoms with E-state index in [1.165, 1.54) is 0 Å². The Bertz CT molecular complexity index is 1240. The molecule has 2 aromatic carbocycles. The number of rotatable bonds is 5. The molecular formula is C23H17N5O. The quantitative estimate of drug-likeness (QED) is 0.452. The molecule has 0 radical (unpaired) electrons. The van der Waals surface area contributed by atoms with E-state index in [1.54, 1.807) is 23.1 Å². The molecule has 0 aliphatic heterocycles. The normalized spacial score (nSPS) is 10.9. The summed E-state index contributed by atoms with van der Waals surface area (Å²) in [6.07, 6.45) is 5.20. The molecule has 6 heteroatoms. The van der Waals surface area contributed by atoms with Crippen molar-refractivity contribution in [2.45, 2.75) is 6.61 Å². The van der Waals surface area contributed by atoms with Gasteiger partial charge < -0.3 is 4.74 Å². The fourth-order valence-electron chi connectivity index (χ4n) is 3.10. The molecule has 5 rings (SSSR count). The van der Waals surface area contributed by atoms with E-state index < -0.39 is 0 Å². The molecule has 0 atom stereocenters. The second-order valence-electron chi connectivity index (χ2n) is 6.51. The lowest BCUT2D eigenvalue weighted by atomic mass is 10.1. The maximum Gasteiger partial charge on any atom is 0.253 e. The minimum atomic E-state index is 0.540. The standard InChI is InChI=1S/C23H17N5O/c1-2-4-17(5-3-1)16-29-20-8-6-18(7-9-20)21-12-15-25-23-26-22(27-28(21)23)19-10-13-24-14-11-19/h1-15H,16H2. The third-order valence-corrected chi connectivity index (χ3v) is 4.58. The fraction of sp³-hybridized carbons (Fsp3) is 0.0435. The fourth-order valence-corrected chi connectivity index (χ4v) is 3.10. The van der Waals surface area contributed by atoms with Crippen molar-refractivity contribution >= 4 is 5.78 Å². The van der Waals surface area contributed by atoms with Gasteiger partial charge in [0.1, 0.15) is 12.4 Å². The average molecular weight is 379 g/mol. The zero-order chi connectivity index (χ0) is 19.5. The molecule has 0 N–H and O–H groups in total. The molecule has 3 heterocycles. The highest BCUT2D eigenvalue weighted by molar-refractivity contribution is 5.64. The lowest BCUT2D eigenvalue weighted by Crippen LogP contribution is -1.97. The summed E-state index contributed by atoms with van der Waals surface area (Å²) < 4.78 is 7.64. The van der Waals surface area contributed by atoms with Gasteiger partial charge in [-0.05, 0) is 48.0 Å². The van der Waals surface area contributed by atoms with Gasteiger partial charge in [-0.3, -0.25) is 4.98 Å². The maximum absolute atomic E-state index is 5.88. The number of aromatic nitrogens is 5. The molecule has 29 heavy (non-hydrogen) atoms. The Morgan fingerprint density at radius 3 is 2.34 bits per heavy atom. The molecule has 5 aromatic rings. The van der Waals surface area contributed by atoms with Crippen molar-refractivity contribution in [2.75, 3.05) is 0 Å². The van der Waals surface area contributed by atoms with Crippen molar-refractivity contribution in [3.05, 3.63) is 97.0 Å². The zero-order valence-electron chi connectivity index (χ0n) is 15.5.